The summed E-state index contributed by atoms with van der Waals surface area (Å²) in [7, 11) is 0. The van der Waals surface area contributed by atoms with E-state index < -0.39 is 5.60 Å². The van der Waals surface area contributed by atoms with Gasteiger partial charge in [0, 0.05) is 31.9 Å². The van der Waals surface area contributed by atoms with E-state index in [-0.39, 0.29) is 24.0 Å². The van der Waals surface area contributed by atoms with Crippen molar-refractivity contribution in [2.75, 3.05) is 44.6 Å². The molecule has 2 fully saturated rings. The zero-order chi connectivity index (χ0) is 26.4. The number of piperazine rings is 1. The van der Waals surface area contributed by atoms with Gasteiger partial charge in [0.25, 0.3) is 0 Å². The number of piperidine rings is 1. The first-order valence-corrected chi connectivity index (χ1v) is 13.2. The number of halogens is 1. The van der Waals surface area contributed by atoms with Crippen LogP contribution in [0, 0.1) is 11.7 Å². The van der Waals surface area contributed by atoms with Gasteiger partial charge in [-0.15, -0.1) is 0 Å². The molecule has 0 radical (unpaired) electrons. The molecule has 3 amide bonds. The third-order valence-corrected chi connectivity index (χ3v) is 7.04. The fourth-order valence-electron chi connectivity index (χ4n) is 5.11. The number of hydrogen-bond acceptors (Lipinski definition) is 4. The molecule has 2 heterocycles. The maximum Gasteiger partial charge on any atom is 0.410 e. The summed E-state index contributed by atoms with van der Waals surface area (Å²) in [5.74, 6) is 0.357. The number of rotatable bonds is 5. The summed E-state index contributed by atoms with van der Waals surface area (Å²) in [6.07, 6.45) is 2.73. The molecular formula is C29H39FN4O3. The highest BCUT2D eigenvalue weighted by atomic mass is 19.1. The average Bonchev–Trinajstić information content (AvgIpc) is 2.86. The van der Waals surface area contributed by atoms with Crippen molar-refractivity contribution in [3.8, 4) is 0 Å². The summed E-state index contributed by atoms with van der Waals surface area (Å²) in [5, 5.41) is 2.97. The van der Waals surface area contributed by atoms with Crippen LogP contribution in [0.4, 0.5) is 19.7 Å². The SMILES string of the molecule is CC(C)(C)OC(=O)N1CCN(C(=O)Nc2ccccc2)CC1CN1CCC(Cc2ccc(F)cc2)CC1. The Bertz CT molecular complexity index is 1030. The van der Waals surface area contributed by atoms with Crippen molar-refractivity contribution in [1.29, 1.82) is 0 Å². The van der Waals surface area contributed by atoms with Crippen LogP contribution in [-0.2, 0) is 11.2 Å². The number of nitrogens with one attached hydrogen (secondary N) is 1. The summed E-state index contributed by atoms with van der Waals surface area (Å²) in [5.41, 5.74) is 1.34. The summed E-state index contributed by atoms with van der Waals surface area (Å²) >= 11 is 0. The van der Waals surface area contributed by atoms with Gasteiger partial charge in [-0.1, -0.05) is 30.3 Å². The normalized spacial score (nSPS) is 19.5. The Hall–Kier alpha value is -3.13. The molecular weight excluding hydrogens is 471 g/mol. The van der Waals surface area contributed by atoms with Crippen molar-refractivity contribution in [1.82, 2.24) is 14.7 Å². The van der Waals surface area contributed by atoms with Crippen LogP contribution in [0.15, 0.2) is 54.6 Å². The first kappa shape index (κ1) is 26.9. The number of likely N-dealkylation sites (tertiary alicyclic amines) is 1. The number of anilines is 1. The molecule has 2 saturated heterocycles. The molecule has 0 spiro atoms. The lowest BCUT2D eigenvalue weighted by Crippen LogP contribution is -2.61. The zero-order valence-electron chi connectivity index (χ0n) is 22.2. The Kier molecular flexibility index (Phi) is 8.69. The van der Waals surface area contributed by atoms with E-state index in [1.165, 1.54) is 17.7 Å². The van der Waals surface area contributed by atoms with Crippen molar-refractivity contribution in [3.05, 3.63) is 66.0 Å². The maximum atomic E-state index is 13.2. The van der Waals surface area contributed by atoms with Crippen LogP contribution in [0.5, 0.6) is 0 Å². The minimum atomic E-state index is -0.581. The first-order valence-electron chi connectivity index (χ1n) is 13.2. The highest BCUT2D eigenvalue weighted by Gasteiger charge is 2.36. The molecule has 2 aliphatic rings. The van der Waals surface area contributed by atoms with Gasteiger partial charge >= 0.3 is 12.1 Å². The highest BCUT2D eigenvalue weighted by molar-refractivity contribution is 5.89. The van der Waals surface area contributed by atoms with Crippen LogP contribution >= 0.6 is 0 Å². The molecule has 2 aromatic carbocycles. The molecule has 0 aromatic heterocycles. The second-order valence-electron chi connectivity index (χ2n) is 11.1. The standard InChI is InChI=1S/C29H39FN4O3/c1-29(2,3)37-28(36)34-18-17-33(27(35)31-25-7-5-4-6-8-25)21-26(34)20-32-15-13-23(14-16-32)19-22-9-11-24(30)12-10-22/h4-12,23,26H,13-21H2,1-3H3,(H,31,35). The number of amides is 3. The monoisotopic (exact) mass is 510 g/mol. The third kappa shape index (κ3) is 7.92. The Morgan fingerprint density at radius 1 is 0.973 bits per heavy atom. The van der Waals surface area contributed by atoms with E-state index in [4.69, 9.17) is 4.74 Å². The van der Waals surface area contributed by atoms with Crippen LogP contribution in [0.1, 0.15) is 39.2 Å². The highest BCUT2D eigenvalue weighted by Crippen LogP contribution is 2.24. The van der Waals surface area contributed by atoms with E-state index in [0.717, 1.165) is 38.0 Å². The van der Waals surface area contributed by atoms with Crippen LogP contribution in [-0.4, -0.2) is 77.7 Å². The smallest absolute Gasteiger partial charge is 0.410 e. The molecule has 2 aromatic rings. The fraction of sp³-hybridized carbons (Fsp3) is 0.517. The number of ether oxygens (including phenoxy) is 1. The predicted molar refractivity (Wildman–Crippen MR) is 143 cm³/mol. The van der Waals surface area contributed by atoms with Gasteiger partial charge in [-0.25, -0.2) is 14.0 Å². The van der Waals surface area contributed by atoms with E-state index in [1.807, 2.05) is 63.2 Å². The number of para-hydroxylation sites is 1. The third-order valence-electron chi connectivity index (χ3n) is 7.04. The van der Waals surface area contributed by atoms with Gasteiger partial charge in [-0.3, -0.25) is 0 Å². The Balaban J connectivity index is 1.37. The zero-order valence-corrected chi connectivity index (χ0v) is 22.2. The quantitative estimate of drug-likeness (QED) is 0.598. The van der Waals surface area contributed by atoms with Crippen molar-refractivity contribution < 1.29 is 18.7 Å². The first-order chi connectivity index (χ1) is 17.7. The summed E-state index contributed by atoms with van der Waals surface area (Å²) in [6, 6.07) is 15.9. The lowest BCUT2D eigenvalue weighted by Gasteiger charge is -2.44. The average molecular weight is 511 g/mol. The van der Waals surface area contributed by atoms with Crippen LogP contribution in [0.2, 0.25) is 0 Å². The van der Waals surface area contributed by atoms with E-state index in [2.05, 4.69) is 10.2 Å². The largest absolute Gasteiger partial charge is 0.444 e. The topological polar surface area (TPSA) is 65.1 Å². The summed E-state index contributed by atoms with van der Waals surface area (Å²) in [6.45, 7) is 9.50. The number of nitrogens with zero attached hydrogens (tertiary/aromatic N) is 3. The summed E-state index contributed by atoms with van der Waals surface area (Å²) in [4.78, 5) is 32.0. The molecule has 0 bridgehead atoms. The van der Waals surface area contributed by atoms with Crippen molar-refractivity contribution in [2.24, 2.45) is 5.92 Å². The van der Waals surface area contributed by atoms with E-state index in [1.54, 1.807) is 9.80 Å². The number of hydrogen-bond donors (Lipinski definition) is 1. The van der Waals surface area contributed by atoms with Crippen LogP contribution in [0.3, 0.4) is 0 Å². The Morgan fingerprint density at radius 3 is 2.30 bits per heavy atom. The minimum absolute atomic E-state index is 0.154. The number of urea groups is 1. The van der Waals surface area contributed by atoms with Gasteiger partial charge in [0.05, 0.1) is 6.04 Å². The molecule has 4 rings (SSSR count). The van der Waals surface area contributed by atoms with Crippen molar-refractivity contribution >= 4 is 17.8 Å². The second kappa shape index (κ2) is 11.9. The molecule has 2 aliphatic heterocycles. The Labute approximate surface area is 219 Å². The van der Waals surface area contributed by atoms with Crippen LogP contribution in [0.25, 0.3) is 0 Å². The Morgan fingerprint density at radius 2 is 1.65 bits per heavy atom. The molecule has 0 aliphatic carbocycles. The van der Waals surface area contributed by atoms with Gasteiger partial charge < -0.3 is 24.8 Å². The molecule has 1 unspecified atom stereocenters. The number of carbonyl (C=O) groups is 2. The lowest BCUT2D eigenvalue weighted by atomic mass is 9.90. The fourth-order valence-corrected chi connectivity index (χ4v) is 5.11. The molecule has 0 saturated carbocycles. The molecule has 1 N–H and O–H groups in total. The maximum absolute atomic E-state index is 13.2. The van der Waals surface area contributed by atoms with E-state index >= 15 is 0 Å². The molecule has 7 nitrogen and oxygen atoms in total. The van der Waals surface area contributed by atoms with Crippen LogP contribution < -0.4 is 5.32 Å². The van der Waals surface area contributed by atoms with E-state index in [9.17, 15) is 14.0 Å². The van der Waals surface area contributed by atoms with E-state index in [0.29, 0.717) is 32.1 Å². The predicted octanol–water partition coefficient (Wildman–Crippen LogP) is 5.23. The van der Waals surface area contributed by atoms with Gasteiger partial charge in [0.15, 0.2) is 0 Å². The lowest BCUT2D eigenvalue weighted by molar-refractivity contribution is -0.00399. The van der Waals surface area contributed by atoms with Crippen molar-refractivity contribution in [3.63, 3.8) is 0 Å². The molecule has 200 valence electrons. The number of carbonyl (C=O) groups excluding carboxylic acids is 2. The van der Waals surface area contributed by atoms with Gasteiger partial charge in [0.2, 0.25) is 0 Å². The molecule has 8 heteroatoms. The summed E-state index contributed by atoms with van der Waals surface area (Å²) < 4.78 is 18.9. The number of benzene rings is 2. The second-order valence-corrected chi connectivity index (χ2v) is 11.1. The minimum Gasteiger partial charge on any atom is -0.444 e. The van der Waals surface area contributed by atoms with Gasteiger partial charge in [-0.05, 0) is 88.9 Å². The van der Waals surface area contributed by atoms with Gasteiger partial charge in [-0.2, -0.15) is 0 Å². The van der Waals surface area contributed by atoms with Gasteiger partial charge in [0.1, 0.15) is 11.4 Å². The molecule has 37 heavy (non-hydrogen) atoms. The van der Waals surface area contributed by atoms with Crippen molar-refractivity contribution in [2.45, 2.75) is 51.7 Å². The molecule has 1 atom stereocenters.